The zero-order valence-electron chi connectivity index (χ0n) is 20.7. The zero-order valence-corrected chi connectivity index (χ0v) is 22.2. The Kier molecular flexibility index (Phi) is 7.41. The average Bonchev–Trinajstić information content (AvgIpc) is 3.43. The second kappa shape index (κ2) is 10.7. The molecule has 1 saturated carbocycles. The lowest BCUT2D eigenvalue weighted by Crippen LogP contribution is -2.52. The monoisotopic (exact) mass is 543 g/mol. The molecule has 2 fully saturated rings. The second-order valence-corrected chi connectivity index (χ2v) is 11.7. The molecule has 0 spiro atoms. The summed E-state index contributed by atoms with van der Waals surface area (Å²) in [5, 5.41) is 4.93. The van der Waals surface area contributed by atoms with Crippen molar-refractivity contribution in [2.24, 2.45) is 0 Å². The normalized spacial score (nSPS) is 17.2. The van der Waals surface area contributed by atoms with Gasteiger partial charge in [0.05, 0.1) is 23.7 Å². The number of anilines is 2. The van der Waals surface area contributed by atoms with Crippen LogP contribution in [0.15, 0.2) is 65.6 Å². The highest BCUT2D eigenvalue weighted by Gasteiger charge is 2.33. The maximum atomic E-state index is 13.6. The third kappa shape index (κ3) is 5.32. The minimum atomic E-state index is -3.69. The summed E-state index contributed by atoms with van der Waals surface area (Å²) in [6.45, 7) is 1.37. The molecular formula is C26H30ClN5O4S. The molecule has 2 aromatic carbocycles. The number of hydrogen-bond donors (Lipinski definition) is 0. The maximum Gasteiger partial charge on any atom is 0.316 e. The van der Waals surface area contributed by atoms with Gasteiger partial charge in [0.25, 0.3) is 0 Å². The van der Waals surface area contributed by atoms with Gasteiger partial charge in [0, 0.05) is 38.2 Å². The van der Waals surface area contributed by atoms with Crippen LogP contribution in [0.5, 0.6) is 5.75 Å². The molecule has 37 heavy (non-hydrogen) atoms. The van der Waals surface area contributed by atoms with Gasteiger partial charge < -0.3 is 9.64 Å². The highest BCUT2D eigenvalue weighted by atomic mass is 35.5. The van der Waals surface area contributed by atoms with Crippen LogP contribution in [0, 0.1) is 0 Å². The van der Waals surface area contributed by atoms with E-state index in [1.54, 1.807) is 49.6 Å². The third-order valence-corrected chi connectivity index (χ3v) is 9.08. The quantitative estimate of drug-likeness (QED) is 0.451. The predicted molar refractivity (Wildman–Crippen MR) is 145 cm³/mol. The van der Waals surface area contributed by atoms with Crippen molar-refractivity contribution < 1.29 is 13.2 Å². The number of aromatic nitrogens is 2. The molecule has 1 aliphatic carbocycles. The number of piperazine rings is 1. The topological polar surface area (TPSA) is 88.0 Å². The molecule has 1 saturated heterocycles. The first-order valence-corrected chi connectivity index (χ1v) is 14.2. The molecule has 0 unspecified atom stereocenters. The first-order valence-electron chi connectivity index (χ1n) is 12.4. The Labute approximate surface area is 222 Å². The lowest BCUT2D eigenvalue weighted by molar-refractivity contribution is 0.205. The van der Waals surface area contributed by atoms with E-state index in [-0.39, 0.29) is 30.5 Å². The second-order valence-electron chi connectivity index (χ2n) is 9.28. The molecule has 0 bridgehead atoms. The number of para-hydroxylation sites is 1. The summed E-state index contributed by atoms with van der Waals surface area (Å²) >= 11 is 6.15. The number of halogens is 1. The fraction of sp³-hybridized carbons (Fsp3) is 0.385. The number of hydrogen-bond acceptors (Lipinski definition) is 6. The molecular weight excluding hydrogens is 514 g/mol. The molecule has 2 heterocycles. The zero-order chi connectivity index (χ0) is 26.0. The minimum absolute atomic E-state index is 0.0251. The molecule has 0 radical (unpaired) electrons. The minimum Gasteiger partial charge on any atom is -0.483 e. The van der Waals surface area contributed by atoms with Crippen LogP contribution in [0.2, 0.25) is 5.02 Å². The van der Waals surface area contributed by atoms with Crippen LogP contribution in [0.25, 0.3) is 5.69 Å². The van der Waals surface area contributed by atoms with Crippen LogP contribution in [0.4, 0.5) is 11.4 Å². The van der Waals surface area contributed by atoms with E-state index in [1.807, 2.05) is 23.1 Å². The van der Waals surface area contributed by atoms with Gasteiger partial charge in [-0.3, -0.25) is 9.10 Å². The lowest BCUT2D eigenvalue weighted by atomic mass is 10.2. The van der Waals surface area contributed by atoms with Gasteiger partial charge >= 0.3 is 15.8 Å². The van der Waals surface area contributed by atoms with Crippen LogP contribution in [0.3, 0.4) is 0 Å². The van der Waals surface area contributed by atoms with Gasteiger partial charge in [0.1, 0.15) is 5.69 Å². The van der Waals surface area contributed by atoms with Crippen molar-refractivity contribution in [2.75, 3.05) is 42.4 Å². The Morgan fingerprint density at radius 3 is 2.38 bits per heavy atom. The molecule has 5 rings (SSSR count). The fourth-order valence-electron chi connectivity index (χ4n) is 4.83. The summed E-state index contributed by atoms with van der Waals surface area (Å²) in [5.74, 6) is 0.250. The van der Waals surface area contributed by atoms with Crippen molar-refractivity contribution in [3.05, 3.63) is 76.2 Å². The molecule has 0 atom stereocenters. The van der Waals surface area contributed by atoms with Gasteiger partial charge in [0.15, 0.2) is 0 Å². The molecule has 0 amide bonds. The Morgan fingerprint density at radius 2 is 1.70 bits per heavy atom. The molecule has 11 heteroatoms. The summed E-state index contributed by atoms with van der Waals surface area (Å²) < 4.78 is 36.8. The average molecular weight is 544 g/mol. The summed E-state index contributed by atoms with van der Waals surface area (Å²) in [4.78, 5) is 15.6. The standard InChI is InChI=1S/C26H30ClN5O4S/c1-29(21-9-3-2-4-10-21)37(34,35)31-16-14-30(15-17-31)24-19-28-32(22-11-7-8-20(27)18-22)26(33)25(24)36-23-12-5-6-13-23/h2-4,7-11,18-19,23H,5-6,12-17H2,1H3. The van der Waals surface area contributed by atoms with E-state index in [2.05, 4.69) is 5.10 Å². The maximum absolute atomic E-state index is 13.6. The summed E-state index contributed by atoms with van der Waals surface area (Å²) in [6.07, 6.45) is 5.54. The van der Waals surface area contributed by atoms with Crippen molar-refractivity contribution >= 4 is 33.2 Å². The number of ether oxygens (including phenoxy) is 1. The van der Waals surface area contributed by atoms with Gasteiger partial charge in [-0.25, -0.2) is 0 Å². The van der Waals surface area contributed by atoms with E-state index in [1.165, 1.54) is 13.3 Å². The van der Waals surface area contributed by atoms with Crippen LogP contribution >= 0.6 is 11.6 Å². The molecule has 196 valence electrons. The molecule has 9 nitrogen and oxygen atoms in total. The smallest absolute Gasteiger partial charge is 0.316 e. The third-order valence-electron chi connectivity index (χ3n) is 6.93. The van der Waals surface area contributed by atoms with Gasteiger partial charge in [0.2, 0.25) is 5.75 Å². The van der Waals surface area contributed by atoms with Crippen molar-refractivity contribution in [1.29, 1.82) is 0 Å². The Morgan fingerprint density at radius 1 is 1.00 bits per heavy atom. The highest BCUT2D eigenvalue weighted by Crippen LogP contribution is 2.31. The Hall–Kier alpha value is -3.08. The predicted octanol–water partition coefficient (Wildman–Crippen LogP) is 3.71. The van der Waals surface area contributed by atoms with Gasteiger partial charge in [-0.1, -0.05) is 35.9 Å². The lowest BCUT2D eigenvalue weighted by Gasteiger charge is -2.37. The van der Waals surface area contributed by atoms with Crippen molar-refractivity contribution in [3.8, 4) is 11.4 Å². The van der Waals surface area contributed by atoms with Crippen molar-refractivity contribution in [3.63, 3.8) is 0 Å². The van der Waals surface area contributed by atoms with E-state index in [9.17, 15) is 13.2 Å². The number of benzene rings is 2. The fourth-order valence-corrected chi connectivity index (χ4v) is 6.38. The van der Waals surface area contributed by atoms with Crippen LogP contribution < -0.4 is 19.5 Å². The van der Waals surface area contributed by atoms with E-state index in [4.69, 9.17) is 16.3 Å². The van der Waals surface area contributed by atoms with Gasteiger partial charge in [-0.05, 0) is 56.0 Å². The van der Waals surface area contributed by atoms with Crippen LogP contribution in [0.1, 0.15) is 25.7 Å². The Balaban J connectivity index is 1.40. The SMILES string of the molecule is CN(c1ccccc1)S(=O)(=O)N1CCN(c2cnn(-c3cccc(Cl)c3)c(=O)c2OC2CCCC2)CC1. The molecule has 1 aromatic heterocycles. The van der Waals surface area contributed by atoms with E-state index < -0.39 is 10.2 Å². The van der Waals surface area contributed by atoms with Crippen molar-refractivity contribution in [2.45, 2.75) is 31.8 Å². The molecule has 3 aromatic rings. The molecule has 2 aliphatic rings. The highest BCUT2D eigenvalue weighted by molar-refractivity contribution is 7.90. The van der Waals surface area contributed by atoms with Crippen LogP contribution in [-0.4, -0.2) is 61.8 Å². The number of nitrogens with zero attached hydrogens (tertiary/aromatic N) is 5. The van der Waals surface area contributed by atoms with E-state index >= 15 is 0 Å². The molecule has 0 N–H and O–H groups in total. The first-order chi connectivity index (χ1) is 17.8. The van der Waals surface area contributed by atoms with E-state index in [0.29, 0.717) is 35.2 Å². The molecule has 1 aliphatic heterocycles. The number of rotatable bonds is 7. The first kappa shape index (κ1) is 25.6. The van der Waals surface area contributed by atoms with Gasteiger partial charge in [-0.15, -0.1) is 0 Å². The summed E-state index contributed by atoms with van der Waals surface area (Å²) in [5.41, 5.74) is 1.39. The van der Waals surface area contributed by atoms with Gasteiger partial charge in [-0.2, -0.15) is 22.5 Å². The summed E-state index contributed by atoms with van der Waals surface area (Å²) in [6, 6.07) is 16.0. The van der Waals surface area contributed by atoms with E-state index in [0.717, 1.165) is 25.7 Å². The Bertz CT molecular complexity index is 1400. The summed E-state index contributed by atoms with van der Waals surface area (Å²) in [7, 11) is -2.13. The van der Waals surface area contributed by atoms with Crippen molar-refractivity contribution in [1.82, 2.24) is 14.1 Å². The largest absolute Gasteiger partial charge is 0.483 e. The van der Waals surface area contributed by atoms with Crippen LogP contribution in [-0.2, 0) is 10.2 Å².